The third kappa shape index (κ3) is 4.48. The summed E-state index contributed by atoms with van der Waals surface area (Å²) in [5.74, 6) is 0.617. The molecule has 3 rings (SSSR count). The lowest BCUT2D eigenvalue weighted by Crippen LogP contribution is -2.22. The van der Waals surface area contributed by atoms with E-state index in [9.17, 15) is 9.18 Å². The van der Waals surface area contributed by atoms with Gasteiger partial charge < -0.3 is 9.47 Å². The van der Waals surface area contributed by atoms with Crippen LogP contribution in [-0.2, 0) is 11.4 Å². The molecule has 140 valence electrons. The zero-order valence-corrected chi connectivity index (χ0v) is 16.5. The van der Waals surface area contributed by atoms with E-state index in [4.69, 9.17) is 21.7 Å². The Bertz CT molecular complexity index is 914. The first kappa shape index (κ1) is 19.4. The summed E-state index contributed by atoms with van der Waals surface area (Å²) in [4.78, 5) is 14.2. The Balaban J connectivity index is 1.81. The Morgan fingerprint density at radius 1 is 1.19 bits per heavy atom. The van der Waals surface area contributed by atoms with Crippen LogP contribution in [0.3, 0.4) is 0 Å². The summed E-state index contributed by atoms with van der Waals surface area (Å²) >= 11 is 6.41. The first-order valence-electron chi connectivity index (χ1n) is 8.34. The minimum Gasteiger partial charge on any atom is -0.490 e. The predicted molar refractivity (Wildman–Crippen MR) is 109 cm³/mol. The molecule has 1 aliphatic rings. The minimum atomic E-state index is -0.311. The first-order chi connectivity index (χ1) is 13.0. The largest absolute Gasteiger partial charge is 0.490 e. The fourth-order valence-electron chi connectivity index (χ4n) is 2.47. The molecule has 1 saturated heterocycles. The Morgan fingerprint density at radius 3 is 2.63 bits per heavy atom. The Hall–Kier alpha value is -2.38. The van der Waals surface area contributed by atoms with Gasteiger partial charge in [-0.3, -0.25) is 9.69 Å². The summed E-state index contributed by atoms with van der Waals surface area (Å²) in [5, 5.41) is 0. The van der Waals surface area contributed by atoms with E-state index in [1.54, 1.807) is 43.5 Å². The van der Waals surface area contributed by atoms with Crippen molar-refractivity contribution in [1.82, 2.24) is 4.90 Å². The summed E-state index contributed by atoms with van der Waals surface area (Å²) in [6.07, 6.45) is 1.77. The monoisotopic (exact) mass is 403 g/mol. The molecule has 0 aromatic heterocycles. The standard InChI is InChI=1S/C20H18FNO3S2/c1-3-24-17-10-13(11-18-19(23)22(2)20(26)27-18)8-9-16(17)25-12-14-6-4-5-7-15(14)21/h4-11H,3,12H2,1-2H3/b18-11+. The van der Waals surface area contributed by atoms with E-state index in [0.717, 1.165) is 5.56 Å². The van der Waals surface area contributed by atoms with Crippen LogP contribution in [0.1, 0.15) is 18.1 Å². The average Bonchev–Trinajstić information content (AvgIpc) is 2.89. The van der Waals surface area contributed by atoms with E-state index in [1.165, 1.54) is 22.7 Å². The number of ether oxygens (including phenoxy) is 2. The molecule has 7 heteroatoms. The van der Waals surface area contributed by atoms with E-state index >= 15 is 0 Å². The molecule has 0 bridgehead atoms. The van der Waals surface area contributed by atoms with Gasteiger partial charge in [0.15, 0.2) is 11.5 Å². The number of thioether (sulfide) groups is 1. The molecule has 0 N–H and O–H groups in total. The molecule has 0 radical (unpaired) electrons. The van der Waals surface area contributed by atoms with Crippen LogP contribution in [0.4, 0.5) is 4.39 Å². The number of amides is 1. The molecule has 0 spiro atoms. The van der Waals surface area contributed by atoms with Crippen molar-refractivity contribution in [2.45, 2.75) is 13.5 Å². The fourth-order valence-corrected chi connectivity index (χ4v) is 3.65. The van der Waals surface area contributed by atoms with E-state index in [2.05, 4.69) is 0 Å². The maximum atomic E-state index is 13.8. The molecule has 1 amide bonds. The molecule has 2 aromatic rings. The molecule has 0 aliphatic carbocycles. The van der Waals surface area contributed by atoms with Crippen molar-refractivity contribution in [3.05, 3.63) is 64.3 Å². The number of benzene rings is 2. The number of likely N-dealkylation sites (N-methyl/N-ethyl adjacent to an activating group) is 1. The highest BCUT2D eigenvalue weighted by atomic mass is 32.2. The molecular weight excluding hydrogens is 385 g/mol. The lowest BCUT2D eigenvalue weighted by atomic mass is 10.1. The third-order valence-corrected chi connectivity index (χ3v) is 5.38. The van der Waals surface area contributed by atoms with Crippen LogP contribution < -0.4 is 9.47 Å². The molecule has 0 unspecified atom stereocenters. The second kappa shape index (κ2) is 8.54. The minimum absolute atomic E-state index is 0.0978. The normalized spacial score (nSPS) is 15.5. The number of hydrogen-bond donors (Lipinski definition) is 0. The zero-order chi connectivity index (χ0) is 19.4. The van der Waals surface area contributed by atoms with Gasteiger partial charge in [-0.15, -0.1) is 0 Å². The molecule has 1 fully saturated rings. The number of thiocarbonyl (C=S) groups is 1. The van der Waals surface area contributed by atoms with Crippen LogP contribution in [0.25, 0.3) is 6.08 Å². The van der Waals surface area contributed by atoms with Gasteiger partial charge in [0, 0.05) is 12.6 Å². The highest BCUT2D eigenvalue weighted by Gasteiger charge is 2.28. The Kier molecular flexibility index (Phi) is 6.13. The van der Waals surface area contributed by atoms with Crippen LogP contribution >= 0.6 is 24.0 Å². The van der Waals surface area contributed by atoms with Crippen molar-refractivity contribution in [3.63, 3.8) is 0 Å². The summed E-state index contributed by atoms with van der Waals surface area (Å²) in [6.45, 7) is 2.42. The number of carbonyl (C=O) groups excluding carboxylic acids is 1. The van der Waals surface area contributed by atoms with Gasteiger partial charge in [-0.2, -0.15) is 0 Å². The molecule has 1 aliphatic heterocycles. The van der Waals surface area contributed by atoms with Gasteiger partial charge in [0.05, 0.1) is 11.5 Å². The van der Waals surface area contributed by atoms with Gasteiger partial charge in [-0.05, 0) is 36.8 Å². The van der Waals surface area contributed by atoms with E-state index in [1.807, 2.05) is 13.0 Å². The lowest BCUT2D eigenvalue weighted by molar-refractivity contribution is -0.121. The van der Waals surface area contributed by atoms with Crippen molar-refractivity contribution in [3.8, 4) is 11.5 Å². The third-order valence-electron chi connectivity index (χ3n) is 3.89. The summed E-state index contributed by atoms with van der Waals surface area (Å²) < 4.78 is 25.7. The van der Waals surface area contributed by atoms with Crippen molar-refractivity contribution in [1.29, 1.82) is 0 Å². The molecule has 1 heterocycles. The van der Waals surface area contributed by atoms with E-state index in [0.29, 0.717) is 32.9 Å². The van der Waals surface area contributed by atoms with Crippen LogP contribution in [0.15, 0.2) is 47.4 Å². The summed E-state index contributed by atoms with van der Waals surface area (Å²) in [5.41, 5.74) is 1.27. The first-order valence-corrected chi connectivity index (χ1v) is 9.56. The molecule has 2 aromatic carbocycles. The van der Waals surface area contributed by atoms with Crippen molar-refractivity contribution in [2.24, 2.45) is 0 Å². The number of nitrogens with zero attached hydrogens (tertiary/aromatic N) is 1. The lowest BCUT2D eigenvalue weighted by Gasteiger charge is -2.13. The van der Waals surface area contributed by atoms with E-state index < -0.39 is 0 Å². The highest BCUT2D eigenvalue weighted by molar-refractivity contribution is 8.26. The number of halogens is 1. The van der Waals surface area contributed by atoms with Gasteiger partial charge in [-0.1, -0.05) is 48.2 Å². The average molecular weight is 404 g/mol. The number of hydrogen-bond acceptors (Lipinski definition) is 5. The summed E-state index contributed by atoms with van der Waals surface area (Å²) in [7, 11) is 1.66. The van der Waals surface area contributed by atoms with Crippen molar-refractivity contribution in [2.75, 3.05) is 13.7 Å². The highest BCUT2D eigenvalue weighted by Crippen LogP contribution is 2.34. The van der Waals surface area contributed by atoms with Gasteiger partial charge in [-0.25, -0.2) is 4.39 Å². The van der Waals surface area contributed by atoms with Crippen molar-refractivity contribution >= 4 is 40.3 Å². The molecule has 27 heavy (non-hydrogen) atoms. The molecule has 4 nitrogen and oxygen atoms in total. The van der Waals surface area contributed by atoms with Gasteiger partial charge in [0.1, 0.15) is 16.7 Å². The van der Waals surface area contributed by atoms with Crippen LogP contribution in [-0.4, -0.2) is 28.8 Å². The maximum absolute atomic E-state index is 13.8. The van der Waals surface area contributed by atoms with Crippen LogP contribution in [0, 0.1) is 5.82 Å². The topological polar surface area (TPSA) is 38.8 Å². The second-order valence-corrected chi connectivity index (χ2v) is 7.44. The zero-order valence-electron chi connectivity index (χ0n) is 14.9. The second-order valence-electron chi connectivity index (χ2n) is 5.76. The SMILES string of the molecule is CCOc1cc(/C=C2/SC(=S)N(C)C2=O)ccc1OCc1ccccc1F. The molecule has 0 atom stereocenters. The van der Waals surface area contributed by atoms with Crippen LogP contribution in [0.5, 0.6) is 11.5 Å². The quantitative estimate of drug-likeness (QED) is 0.519. The van der Waals surface area contributed by atoms with Crippen molar-refractivity contribution < 1.29 is 18.7 Å². The number of carbonyl (C=O) groups is 1. The van der Waals surface area contributed by atoms with Gasteiger partial charge in [0.2, 0.25) is 0 Å². The maximum Gasteiger partial charge on any atom is 0.265 e. The summed E-state index contributed by atoms with van der Waals surface area (Å²) in [6, 6.07) is 11.8. The predicted octanol–water partition coefficient (Wildman–Crippen LogP) is 4.63. The number of rotatable bonds is 6. The molecule has 0 saturated carbocycles. The fraction of sp³-hybridized carbons (Fsp3) is 0.200. The smallest absolute Gasteiger partial charge is 0.265 e. The van der Waals surface area contributed by atoms with E-state index in [-0.39, 0.29) is 18.3 Å². The Morgan fingerprint density at radius 2 is 1.96 bits per heavy atom. The van der Waals surface area contributed by atoms with Gasteiger partial charge in [0.25, 0.3) is 5.91 Å². The van der Waals surface area contributed by atoms with Gasteiger partial charge >= 0.3 is 0 Å². The Labute approximate surface area is 167 Å². The molecular formula is C20H18FNO3S2. The van der Waals surface area contributed by atoms with Crippen LogP contribution in [0.2, 0.25) is 0 Å².